The fourth-order valence-corrected chi connectivity index (χ4v) is 3.99. The molecule has 15 heavy (non-hydrogen) atoms. The first-order valence-electron chi connectivity index (χ1n) is 7.40. The molecule has 2 aliphatic carbocycles. The number of hydrogen-bond donors (Lipinski definition) is 0. The fourth-order valence-electron chi connectivity index (χ4n) is 3.99. The topological polar surface area (TPSA) is 0 Å². The van der Waals surface area contributed by atoms with Gasteiger partial charge < -0.3 is 0 Å². The van der Waals surface area contributed by atoms with Crippen molar-refractivity contribution in [2.45, 2.75) is 77.6 Å². The lowest BCUT2D eigenvalue weighted by molar-refractivity contribution is 0.310. The van der Waals surface area contributed by atoms with Crippen LogP contribution in [0.2, 0.25) is 0 Å². The van der Waals surface area contributed by atoms with Crippen LogP contribution in [-0.2, 0) is 0 Å². The minimum atomic E-state index is 1.11. The van der Waals surface area contributed by atoms with Gasteiger partial charge in [0.1, 0.15) is 0 Å². The van der Waals surface area contributed by atoms with Gasteiger partial charge in [0.25, 0.3) is 0 Å². The van der Waals surface area contributed by atoms with Gasteiger partial charge in [-0.3, -0.25) is 0 Å². The van der Waals surface area contributed by atoms with Crippen molar-refractivity contribution in [2.24, 2.45) is 17.8 Å². The second-order valence-corrected chi connectivity index (χ2v) is 5.97. The highest BCUT2D eigenvalue weighted by atomic mass is 14.3. The summed E-state index contributed by atoms with van der Waals surface area (Å²) in [5.41, 5.74) is 0. The van der Waals surface area contributed by atoms with Gasteiger partial charge in [0.15, 0.2) is 0 Å². The van der Waals surface area contributed by atoms with Crippen LogP contribution >= 0.6 is 0 Å². The zero-order valence-electron chi connectivity index (χ0n) is 10.5. The zero-order chi connectivity index (χ0) is 10.5. The Bertz CT molecular complexity index is 167. The summed E-state index contributed by atoms with van der Waals surface area (Å²) in [5.74, 6) is 3.34. The summed E-state index contributed by atoms with van der Waals surface area (Å²) in [6.45, 7) is 2.35. The van der Waals surface area contributed by atoms with E-state index >= 15 is 0 Å². The molecule has 88 valence electrons. The first-order chi connectivity index (χ1) is 7.40. The van der Waals surface area contributed by atoms with Crippen LogP contribution in [0.25, 0.3) is 0 Å². The van der Waals surface area contributed by atoms with Crippen molar-refractivity contribution in [3.8, 4) is 0 Å². The molecule has 0 saturated heterocycles. The third-order valence-corrected chi connectivity index (χ3v) is 4.90. The molecule has 0 aromatic carbocycles. The summed E-state index contributed by atoms with van der Waals surface area (Å²) in [6, 6.07) is 0. The van der Waals surface area contributed by atoms with Crippen LogP contribution in [0.4, 0.5) is 0 Å². The molecule has 2 saturated carbocycles. The molecule has 0 heteroatoms. The van der Waals surface area contributed by atoms with Crippen molar-refractivity contribution < 1.29 is 0 Å². The number of hydrogen-bond acceptors (Lipinski definition) is 0. The third-order valence-electron chi connectivity index (χ3n) is 4.90. The highest BCUT2D eigenvalue weighted by Gasteiger charge is 2.27. The Labute approximate surface area is 95.8 Å². The molecule has 0 radical (unpaired) electrons. The summed E-state index contributed by atoms with van der Waals surface area (Å²) >= 11 is 0. The standard InChI is InChI=1S/C15H28/c1-2-6-14-9-5-10-15(14)12-11-13-7-3-4-8-13/h13-15H,2-12H2,1H3. The minimum absolute atomic E-state index is 1.11. The predicted molar refractivity (Wildman–Crippen MR) is 66.9 cm³/mol. The lowest BCUT2D eigenvalue weighted by Gasteiger charge is -2.20. The molecule has 0 aromatic heterocycles. The molecule has 2 atom stereocenters. The first-order valence-corrected chi connectivity index (χ1v) is 7.40. The van der Waals surface area contributed by atoms with Crippen molar-refractivity contribution in [3.63, 3.8) is 0 Å². The van der Waals surface area contributed by atoms with Crippen LogP contribution in [0.15, 0.2) is 0 Å². The highest BCUT2D eigenvalue weighted by molar-refractivity contribution is 4.79. The summed E-state index contributed by atoms with van der Waals surface area (Å²) in [5, 5.41) is 0. The Hall–Kier alpha value is 0. The van der Waals surface area contributed by atoms with Gasteiger partial charge in [-0.05, 0) is 24.2 Å². The molecule has 0 heterocycles. The van der Waals surface area contributed by atoms with E-state index in [0.717, 1.165) is 17.8 Å². The molecular weight excluding hydrogens is 180 g/mol. The average molecular weight is 208 g/mol. The summed E-state index contributed by atoms with van der Waals surface area (Å²) < 4.78 is 0. The van der Waals surface area contributed by atoms with Crippen LogP contribution in [-0.4, -0.2) is 0 Å². The SMILES string of the molecule is CCCC1CCCC1CCC1CCCC1. The molecular formula is C15H28. The van der Waals surface area contributed by atoms with Crippen LogP contribution in [0.5, 0.6) is 0 Å². The molecule has 0 aliphatic heterocycles. The van der Waals surface area contributed by atoms with Gasteiger partial charge in [-0.25, -0.2) is 0 Å². The van der Waals surface area contributed by atoms with Gasteiger partial charge in [0.2, 0.25) is 0 Å². The zero-order valence-corrected chi connectivity index (χ0v) is 10.5. The molecule has 0 bridgehead atoms. The van der Waals surface area contributed by atoms with E-state index in [0.29, 0.717) is 0 Å². The van der Waals surface area contributed by atoms with E-state index in [2.05, 4.69) is 6.92 Å². The van der Waals surface area contributed by atoms with E-state index in [-0.39, 0.29) is 0 Å². The van der Waals surface area contributed by atoms with E-state index in [1.807, 2.05) is 0 Å². The quantitative estimate of drug-likeness (QED) is 0.584. The summed E-state index contributed by atoms with van der Waals surface area (Å²) in [6.07, 6.45) is 16.8. The molecule has 2 rings (SSSR count). The van der Waals surface area contributed by atoms with E-state index in [1.165, 1.54) is 32.1 Å². The van der Waals surface area contributed by atoms with Gasteiger partial charge in [0, 0.05) is 0 Å². The molecule has 0 N–H and O–H groups in total. The second kappa shape index (κ2) is 5.92. The number of rotatable bonds is 5. The molecule has 2 unspecified atom stereocenters. The summed E-state index contributed by atoms with van der Waals surface area (Å²) in [4.78, 5) is 0. The van der Waals surface area contributed by atoms with Gasteiger partial charge in [-0.1, -0.05) is 71.1 Å². The Morgan fingerprint density at radius 1 is 0.733 bits per heavy atom. The first kappa shape index (κ1) is 11.5. The van der Waals surface area contributed by atoms with Crippen molar-refractivity contribution in [3.05, 3.63) is 0 Å². The maximum absolute atomic E-state index is 2.35. The smallest absolute Gasteiger partial charge is 0.0386 e. The highest BCUT2D eigenvalue weighted by Crippen LogP contribution is 2.40. The lowest BCUT2D eigenvalue weighted by Crippen LogP contribution is -2.09. The van der Waals surface area contributed by atoms with Gasteiger partial charge >= 0.3 is 0 Å². The maximum atomic E-state index is 2.35. The van der Waals surface area contributed by atoms with E-state index in [9.17, 15) is 0 Å². The van der Waals surface area contributed by atoms with Crippen molar-refractivity contribution in [2.75, 3.05) is 0 Å². The Morgan fingerprint density at radius 3 is 2.07 bits per heavy atom. The summed E-state index contributed by atoms with van der Waals surface area (Å²) in [7, 11) is 0. The van der Waals surface area contributed by atoms with Crippen LogP contribution in [0.1, 0.15) is 77.6 Å². The van der Waals surface area contributed by atoms with Crippen LogP contribution in [0, 0.1) is 17.8 Å². The Kier molecular flexibility index (Phi) is 4.53. The third kappa shape index (κ3) is 3.23. The fraction of sp³-hybridized carbons (Fsp3) is 1.00. The average Bonchev–Trinajstić information content (AvgIpc) is 2.85. The van der Waals surface area contributed by atoms with E-state index < -0.39 is 0 Å². The Balaban J connectivity index is 1.68. The minimum Gasteiger partial charge on any atom is -0.0654 e. The molecule has 2 fully saturated rings. The normalized spacial score (nSPS) is 32.6. The maximum Gasteiger partial charge on any atom is -0.0386 e. The van der Waals surface area contributed by atoms with Crippen molar-refractivity contribution >= 4 is 0 Å². The molecule has 2 aliphatic rings. The van der Waals surface area contributed by atoms with Crippen LogP contribution < -0.4 is 0 Å². The molecule has 0 spiro atoms. The van der Waals surface area contributed by atoms with Crippen LogP contribution in [0.3, 0.4) is 0 Å². The predicted octanol–water partition coefficient (Wildman–Crippen LogP) is 5.17. The molecule has 0 nitrogen and oxygen atoms in total. The lowest BCUT2D eigenvalue weighted by atomic mass is 9.85. The second-order valence-electron chi connectivity index (χ2n) is 5.97. The van der Waals surface area contributed by atoms with E-state index in [4.69, 9.17) is 0 Å². The molecule has 0 aromatic rings. The largest absolute Gasteiger partial charge is 0.0654 e. The molecule has 0 amide bonds. The van der Waals surface area contributed by atoms with E-state index in [1.54, 1.807) is 38.5 Å². The van der Waals surface area contributed by atoms with Crippen molar-refractivity contribution in [1.82, 2.24) is 0 Å². The van der Waals surface area contributed by atoms with Gasteiger partial charge in [0.05, 0.1) is 0 Å². The monoisotopic (exact) mass is 208 g/mol. The Morgan fingerprint density at radius 2 is 1.40 bits per heavy atom. The van der Waals surface area contributed by atoms with Gasteiger partial charge in [-0.15, -0.1) is 0 Å². The van der Waals surface area contributed by atoms with Gasteiger partial charge in [-0.2, -0.15) is 0 Å². The van der Waals surface area contributed by atoms with Crippen molar-refractivity contribution in [1.29, 1.82) is 0 Å².